The Labute approximate surface area is 150 Å². The highest BCUT2D eigenvalue weighted by Crippen LogP contribution is 2.25. The number of esters is 1. The molecule has 0 saturated carbocycles. The van der Waals surface area contributed by atoms with Crippen LogP contribution in [-0.4, -0.2) is 36.4 Å². The van der Waals surface area contributed by atoms with Crippen LogP contribution < -0.4 is 4.72 Å². The first-order valence-electron chi connectivity index (χ1n) is 7.77. The average Bonchev–Trinajstić information content (AvgIpc) is 3.12. The van der Waals surface area contributed by atoms with E-state index in [1.807, 2.05) is 0 Å². The molecule has 26 heavy (non-hydrogen) atoms. The Morgan fingerprint density at radius 3 is 2.62 bits per heavy atom. The van der Waals surface area contributed by atoms with Crippen LogP contribution in [0.1, 0.15) is 17.4 Å². The molecule has 0 radical (unpaired) electrons. The summed E-state index contributed by atoms with van der Waals surface area (Å²) < 4.78 is 32.3. The molecule has 9 heteroatoms. The van der Waals surface area contributed by atoms with Crippen LogP contribution in [0.3, 0.4) is 0 Å². The summed E-state index contributed by atoms with van der Waals surface area (Å²) in [4.78, 5) is 12.1. The second kappa shape index (κ2) is 7.36. The normalized spacial score (nSPS) is 11.1. The summed E-state index contributed by atoms with van der Waals surface area (Å²) in [6.45, 7) is 1.90. The zero-order chi connectivity index (χ0) is 18.6. The van der Waals surface area contributed by atoms with Gasteiger partial charge in [-0.05, 0) is 31.2 Å². The molecule has 0 saturated heterocycles. The van der Waals surface area contributed by atoms with Crippen molar-refractivity contribution in [2.45, 2.75) is 11.8 Å². The van der Waals surface area contributed by atoms with Crippen molar-refractivity contribution in [2.75, 3.05) is 11.3 Å². The Morgan fingerprint density at radius 2 is 1.88 bits per heavy atom. The van der Waals surface area contributed by atoms with Crippen LogP contribution in [0.5, 0.6) is 0 Å². The lowest BCUT2D eigenvalue weighted by Crippen LogP contribution is -2.12. The predicted molar refractivity (Wildman–Crippen MR) is 95.0 cm³/mol. The first kappa shape index (κ1) is 17.6. The number of hydrogen-bond acceptors (Lipinski definition) is 6. The summed E-state index contributed by atoms with van der Waals surface area (Å²) in [5.41, 5.74) is 1.18. The highest BCUT2D eigenvalue weighted by Gasteiger charge is 2.20. The van der Waals surface area contributed by atoms with Crippen LogP contribution in [0, 0.1) is 0 Å². The van der Waals surface area contributed by atoms with E-state index in [1.165, 1.54) is 12.1 Å². The van der Waals surface area contributed by atoms with Crippen LogP contribution in [0.25, 0.3) is 11.3 Å². The van der Waals surface area contributed by atoms with Crippen molar-refractivity contribution in [2.24, 2.45) is 0 Å². The molecule has 2 aromatic carbocycles. The van der Waals surface area contributed by atoms with Crippen molar-refractivity contribution in [1.29, 1.82) is 0 Å². The minimum atomic E-state index is -3.72. The largest absolute Gasteiger partial charge is 0.461 e. The first-order chi connectivity index (χ1) is 12.5. The van der Waals surface area contributed by atoms with E-state index in [2.05, 4.69) is 20.1 Å². The number of aromatic nitrogens is 3. The molecular weight excluding hydrogens is 356 g/mol. The summed E-state index contributed by atoms with van der Waals surface area (Å²) >= 11 is 0. The number of carbonyl (C=O) groups excluding carboxylic acids is 1. The molecule has 2 N–H and O–H groups in total. The maximum atomic E-state index is 12.4. The summed E-state index contributed by atoms with van der Waals surface area (Å²) in [7, 11) is -3.72. The quantitative estimate of drug-likeness (QED) is 0.643. The van der Waals surface area contributed by atoms with E-state index in [1.54, 1.807) is 49.4 Å². The van der Waals surface area contributed by atoms with Gasteiger partial charge in [-0.25, -0.2) is 13.2 Å². The highest BCUT2D eigenvalue weighted by atomic mass is 32.2. The van der Waals surface area contributed by atoms with Gasteiger partial charge < -0.3 is 4.74 Å². The molecule has 0 bridgehead atoms. The molecule has 0 aliphatic carbocycles. The number of nitrogens with zero attached hydrogens (tertiary/aromatic N) is 2. The highest BCUT2D eigenvalue weighted by molar-refractivity contribution is 7.92. The third kappa shape index (κ3) is 3.72. The lowest BCUT2D eigenvalue weighted by atomic mass is 10.1. The zero-order valence-corrected chi connectivity index (χ0v) is 14.7. The predicted octanol–water partition coefficient (Wildman–Crippen LogP) is 2.45. The fourth-order valence-corrected chi connectivity index (χ4v) is 3.39. The van der Waals surface area contributed by atoms with E-state index < -0.39 is 16.0 Å². The summed E-state index contributed by atoms with van der Waals surface area (Å²) in [5.74, 6) is -0.605. The van der Waals surface area contributed by atoms with Crippen molar-refractivity contribution in [3.05, 3.63) is 60.3 Å². The standard InChI is InChI=1S/C17H16N4O4S/c1-2-25-17(22)16-15(18-21-19-16)12-7-6-8-13(11-12)20-26(23,24)14-9-4-3-5-10-14/h3-11,20H,2H2,1H3,(H,18,19,21). The number of sulfonamides is 1. The second-order valence-electron chi connectivity index (χ2n) is 5.24. The van der Waals surface area contributed by atoms with Crippen molar-refractivity contribution < 1.29 is 17.9 Å². The topological polar surface area (TPSA) is 114 Å². The Kier molecular flexibility index (Phi) is 4.99. The fraction of sp³-hybridized carbons (Fsp3) is 0.118. The maximum Gasteiger partial charge on any atom is 0.361 e. The van der Waals surface area contributed by atoms with E-state index in [4.69, 9.17) is 4.74 Å². The zero-order valence-electron chi connectivity index (χ0n) is 13.8. The third-order valence-corrected chi connectivity index (χ3v) is 4.86. The van der Waals surface area contributed by atoms with Gasteiger partial charge in [-0.15, -0.1) is 5.10 Å². The number of benzene rings is 2. The van der Waals surface area contributed by atoms with E-state index in [0.29, 0.717) is 11.3 Å². The van der Waals surface area contributed by atoms with Crippen molar-refractivity contribution >= 4 is 21.7 Å². The lowest BCUT2D eigenvalue weighted by molar-refractivity contribution is 0.0520. The van der Waals surface area contributed by atoms with Crippen molar-refractivity contribution in [3.63, 3.8) is 0 Å². The van der Waals surface area contributed by atoms with E-state index in [9.17, 15) is 13.2 Å². The summed E-state index contributed by atoms with van der Waals surface area (Å²) in [6.07, 6.45) is 0. The van der Waals surface area contributed by atoms with E-state index >= 15 is 0 Å². The summed E-state index contributed by atoms with van der Waals surface area (Å²) in [6, 6.07) is 14.6. The number of hydrogen-bond donors (Lipinski definition) is 2. The Morgan fingerprint density at radius 1 is 1.12 bits per heavy atom. The summed E-state index contributed by atoms with van der Waals surface area (Å²) in [5, 5.41) is 10.2. The molecular formula is C17H16N4O4S. The number of rotatable bonds is 6. The monoisotopic (exact) mass is 372 g/mol. The molecule has 0 atom stereocenters. The number of anilines is 1. The third-order valence-electron chi connectivity index (χ3n) is 3.46. The second-order valence-corrected chi connectivity index (χ2v) is 6.92. The van der Waals surface area contributed by atoms with E-state index in [-0.39, 0.29) is 22.9 Å². The molecule has 0 unspecified atom stereocenters. The smallest absolute Gasteiger partial charge is 0.361 e. The minimum Gasteiger partial charge on any atom is -0.461 e. The van der Waals surface area contributed by atoms with Gasteiger partial charge in [-0.3, -0.25) is 4.72 Å². The molecule has 0 amide bonds. The van der Waals surface area contributed by atoms with Crippen molar-refractivity contribution in [1.82, 2.24) is 15.4 Å². The fourth-order valence-electron chi connectivity index (χ4n) is 2.32. The van der Waals surface area contributed by atoms with E-state index in [0.717, 1.165) is 0 Å². The van der Waals surface area contributed by atoms with Crippen LogP contribution in [0.2, 0.25) is 0 Å². The van der Waals surface area contributed by atoms with Crippen molar-refractivity contribution in [3.8, 4) is 11.3 Å². The van der Waals surface area contributed by atoms with Gasteiger partial charge in [0.15, 0.2) is 5.69 Å². The number of carbonyl (C=O) groups is 1. The van der Waals surface area contributed by atoms with Gasteiger partial charge in [0.2, 0.25) is 0 Å². The van der Waals surface area contributed by atoms with Crippen LogP contribution >= 0.6 is 0 Å². The number of H-pyrrole nitrogens is 1. The van der Waals surface area contributed by atoms with Gasteiger partial charge in [-0.2, -0.15) is 10.3 Å². The minimum absolute atomic E-state index is 0.0370. The molecule has 0 spiro atoms. The lowest BCUT2D eigenvalue weighted by Gasteiger charge is -2.09. The first-order valence-corrected chi connectivity index (χ1v) is 9.26. The molecule has 0 aliphatic heterocycles. The molecule has 0 aliphatic rings. The van der Waals surface area contributed by atoms with Crippen LogP contribution in [0.15, 0.2) is 59.5 Å². The molecule has 3 aromatic rings. The average molecular weight is 372 g/mol. The van der Waals surface area contributed by atoms with Gasteiger partial charge >= 0.3 is 5.97 Å². The molecule has 0 fully saturated rings. The Hall–Kier alpha value is -3.20. The number of nitrogens with one attached hydrogen (secondary N) is 2. The molecule has 8 nitrogen and oxygen atoms in total. The molecule has 1 aromatic heterocycles. The number of aromatic amines is 1. The Bertz CT molecular complexity index is 1020. The molecule has 3 rings (SSSR count). The SMILES string of the molecule is CCOC(=O)c1n[nH]nc1-c1cccc(NS(=O)(=O)c2ccccc2)c1. The van der Waals surface area contributed by atoms with Gasteiger partial charge in [0.1, 0.15) is 5.69 Å². The van der Waals surface area contributed by atoms with Gasteiger partial charge in [0.25, 0.3) is 10.0 Å². The van der Waals surface area contributed by atoms with Gasteiger partial charge in [0.05, 0.1) is 11.5 Å². The van der Waals surface area contributed by atoms with Crippen LogP contribution in [0.4, 0.5) is 5.69 Å². The van der Waals surface area contributed by atoms with Gasteiger partial charge in [0, 0.05) is 11.3 Å². The number of ether oxygens (including phenoxy) is 1. The maximum absolute atomic E-state index is 12.4. The van der Waals surface area contributed by atoms with Gasteiger partial charge in [-0.1, -0.05) is 30.3 Å². The molecule has 134 valence electrons. The van der Waals surface area contributed by atoms with Crippen LogP contribution in [-0.2, 0) is 14.8 Å². The Balaban J connectivity index is 1.91. The molecule has 1 heterocycles.